The van der Waals surface area contributed by atoms with E-state index in [1.54, 1.807) is 19.1 Å². The van der Waals surface area contributed by atoms with Gasteiger partial charge in [-0.3, -0.25) is 19.1 Å². The molecule has 2 N–H and O–H groups in total. The lowest BCUT2D eigenvalue weighted by molar-refractivity contribution is -0.138. The Morgan fingerprint density at radius 3 is 2.30 bits per heavy atom. The van der Waals surface area contributed by atoms with Gasteiger partial charge in [0, 0.05) is 21.7 Å². The number of fused-ring (bicyclic) bond motifs is 3. The molecule has 0 aliphatic carbocycles. The molecule has 40 heavy (non-hydrogen) atoms. The maximum absolute atomic E-state index is 12.9. The van der Waals surface area contributed by atoms with Crippen LogP contribution in [0.5, 0.6) is 0 Å². The first-order chi connectivity index (χ1) is 18.8. The Hall–Kier alpha value is -4.04. The number of nitrogens with zero attached hydrogens (tertiary/aromatic N) is 4. The van der Waals surface area contributed by atoms with Crippen LogP contribution in [0, 0.1) is 20.8 Å². The molecule has 14 heteroatoms. The van der Waals surface area contributed by atoms with Crippen LogP contribution in [-0.4, -0.2) is 40.0 Å². The number of aromatic nitrogens is 3. The molecule has 5 rings (SSSR count). The van der Waals surface area contributed by atoms with E-state index in [1.165, 1.54) is 23.5 Å². The van der Waals surface area contributed by atoms with Crippen LogP contribution < -0.4 is 4.72 Å². The average Bonchev–Trinajstić information content (AvgIpc) is 3.36. The van der Waals surface area contributed by atoms with E-state index in [-0.39, 0.29) is 17.0 Å². The Labute approximate surface area is 231 Å². The fourth-order valence-corrected chi connectivity index (χ4v) is 6.70. The number of carboxylic acids is 1. The number of halogens is 3. The van der Waals surface area contributed by atoms with Gasteiger partial charge in [-0.1, -0.05) is 12.1 Å². The van der Waals surface area contributed by atoms with Gasteiger partial charge in [-0.05, 0) is 62.7 Å². The molecule has 0 amide bonds. The normalized spacial score (nSPS) is 15.2. The lowest BCUT2D eigenvalue weighted by Gasteiger charge is -2.13. The van der Waals surface area contributed by atoms with Gasteiger partial charge in [0.15, 0.2) is 5.82 Å². The van der Waals surface area contributed by atoms with Gasteiger partial charge < -0.3 is 5.11 Å². The zero-order valence-corrected chi connectivity index (χ0v) is 22.9. The molecule has 2 aromatic carbocycles. The molecule has 0 bridgehead atoms. The molecular formula is C26H22F3N5O4S2. The lowest BCUT2D eigenvalue weighted by Crippen LogP contribution is -2.14. The van der Waals surface area contributed by atoms with E-state index in [1.807, 2.05) is 18.4 Å². The quantitative estimate of drug-likeness (QED) is 0.308. The molecule has 0 saturated heterocycles. The fraction of sp³-hybridized carbons (Fsp3) is 0.231. The van der Waals surface area contributed by atoms with E-state index < -0.39 is 33.8 Å². The predicted molar refractivity (Wildman–Crippen MR) is 143 cm³/mol. The first kappa shape index (κ1) is 27.5. The number of aliphatic carboxylic acids is 1. The number of thiophene rings is 1. The van der Waals surface area contributed by atoms with Crippen LogP contribution in [-0.2, 0) is 21.0 Å². The second-order valence-corrected chi connectivity index (χ2v) is 12.1. The highest BCUT2D eigenvalue weighted by Crippen LogP contribution is 2.39. The SMILES string of the molecule is Cc1sc2c(c1C)C(c1ccc(NS(=O)(=O)c3ccc(C(F)(F)F)cc3)cc1)=N[C@@H](CC(=O)O)c1nnc(C)n1-2. The zero-order chi connectivity index (χ0) is 29.0. The summed E-state index contributed by atoms with van der Waals surface area (Å²) in [5.41, 5.74) is 2.15. The highest BCUT2D eigenvalue weighted by molar-refractivity contribution is 7.92. The molecule has 2 aromatic heterocycles. The van der Waals surface area contributed by atoms with Crippen molar-refractivity contribution in [1.29, 1.82) is 0 Å². The number of carbonyl (C=O) groups is 1. The molecule has 1 aliphatic rings. The van der Waals surface area contributed by atoms with Gasteiger partial charge in [0.1, 0.15) is 16.9 Å². The zero-order valence-electron chi connectivity index (χ0n) is 21.3. The van der Waals surface area contributed by atoms with Gasteiger partial charge in [0.25, 0.3) is 10.0 Å². The largest absolute Gasteiger partial charge is 0.481 e. The highest BCUT2D eigenvalue weighted by Gasteiger charge is 2.33. The van der Waals surface area contributed by atoms with Crippen molar-refractivity contribution in [2.75, 3.05) is 4.72 Å². The summed E-state index contributed by atoms with van der Waals surface area (Å²) in [6.45, 7) is 5.70. The number of hydrogen-bond donors (Lipinski definition) is 2. The minimum atomic E-state index is -4.58. The number of anilines is 1. The summed E-state index contributed by atoms with van der Waals surface area (Å²) < 4.78 is 68.3. The maximum Gasteiger partial charge on any atom is 0.416 e. The molecule has 0 radical (unpaired) electrons. The molecular weight excluding hydrogens is 567 g/mol. The number of alkyl halides is 3. The summed E-state index contributed by atoms with van der Waals surface area (Å²) in [5, 5.41) is 18.8. The van der Waals surface area contributed by atoms with Crippen molar-refractivity contribution in [2.45, 2.75) is 44.3 Å². The number of carboxylic acid groups (broad SMARTS) is 1. The van der Waals surface area contributed by atoms with Crippen LogP contribution in [0.2, 0.25) is 0 Å². The van der Waals surface area contributed by atoms with Crippen LogP contribution in [0.3, 0.4) is 0 Å². The van der Waals surface area contributed by atoms with Crippen molar-refractivity contribution < 1.29 is 31.5 Å². The summed E-state index contributed by atoms with van der Waals surface area (Å²) in [6, 6.07) is 8.71. The van der Waals surface area contributed by atoms with E-state index in [0.717, 1.165) is 33.1 Å². The first-order valence-electron chi connectivity index (χ1n) is 11.9. The van der Waals surface area contributed by atoms with Gasteiger partial charge in [0.05, 0.1) is 22.6 Å². The van der Waals surface area contributed by atoms with Crippen molar-refractivity contribution in [3.05, 3.63) is 87.3 Å². The van der Waals surface area contributed by atoms with Crippen LogP contribution in [0.4, 0.5) is 18.9 Å². The number of aryl methyl sites for hydroxylation is 2. The summed E-state index contributed by atoms with van der Waals surface area (Å²) in [6.07, 6.45) is -4.89. The van der Waals surface area contributed by atoms with Gasteiger partial charge in [0.2, 0.25) is 0 Å². The Kier molecular flexibility index (Phi) is 6.78. The summed E-state index contributed by atoms with van der Waals surface area (Å²) >= 11 is 1.51. The molecule has 3 heterocycles. The molecule has 0 saturated carbocycles. The minimum absolute atomic E-state index is 0.186. The summed E-state index contributed by atoms with van der Waals surface area (Å²) in [5.74, 6) is -0.0397. The first-order valence-corrected chi connectivity index (χ1v) is 14.2. The second kappa shape index (κ2) is 9.86. The molecule has 208 valence electrons. The lowest BCUT2D eigenvalue weighted by atomic mass is 9.99. The van der Waals surface area contributed by atoms with Gasteiger partial charge >= 0.3 is 12.1 Å². The third-order valence-corrected chi connectivity index (χ3v) is 9.10. The molecule has 1 atom stereocenters. The van der Waals surface area contributed by atoms with Crippen LogP contribution >= 0.6 is 11.3 Å². The number of rotatable bonds is 6. The second-order valence-electron chi connectivity index (χ2n) is 9.20. The molecule has 0 fully saturated rings. The number of benzene rings is 2. The Bertz CT molecular complexity index is 1760. The molecule has 4 aromatic rings. The number of aliphatic imine (C=N–C) groups is 1. The molecule has 0 spiro atoms. The van der Waals surface area contributed by atoms with Gasteiger partial charge in [-0.2, -0.15) is 13.2 Å². The number of hydrogen-bond acceptors (Lipinski definition) is 7. The van der Waals surface area contributed by atoms with Crippen molar-refractivity contribution in [3.63, 3.8) is 0 Å². The van der Waals surface area contributed by atoms with Crippen LogP contribution in [0.15, 0.2) is 58.4 Å². The third kappa shape index (κ3) is 4.99. The summed E-state index contributed by atoms with van der Waals surface area (Å²) in [4.78, 5) is 17.2. The van der Waals surface area contributed by atoms with Gasteiger partial charge in [-0.25, -0.2) is 8.42 Å². The Morgan fingerprint density at radius 1 is 1.05 bits per heavy atom. The van der Waals surface area contributed by atoms with Crippen molar-refractivity contribution in [1.82, 2.24) is 14.8 Å². The summed E-state index contributed by atoms with van der Waals surface area (Å²) in [7, 11) is -4.16. The predicted octanol–water partition coefficient (Wildman–Crippen LogP) is 5.44. The Balaban J connectivity index is 1.52. The van der Waals surface area contributed by atoms with E-state index >= 15 is 0 Å². The highest BCUT2D eigenvalue weighted by atomic mass is 32.2. The number of nitrogens with one attached hydrogen (secondary N) is 1. The van der Waals surface area contributed by atoms with E-state index in [2.05, 4.69) is 14.9 Å². The van der Waals surface area contributed by atoms with Crippen molar-refractivity contribution >= 4 is 38.7 Å². The van der Waals surface area contributed by atoms with Crippen LogP contribution in [0.1, 0.15) is 51.2 Å². The van der Waals surface area contributed by atoms with Crippen molar-refractivity contribution in [2.24, 2.45) is 4.99 Å². The van der Waals surface area contributed by atoms with Crippen LogP contribution in [0.25, 0.3) is 5.00 Å². The van der Waals surface area contributed by atoms with Crippen molar-refractivity contribution in [3.8, 4) is 5.00 Å². The minimum Gasteiger partial charge on any atom is -0.481 e. The standard InChI is InChI=1S/C26H22F3N5O4S2/c1-13-14(2)39-25-22(13)23(30-20(12-21(35)36)24-32-31-15(3)34(24)25)16-4-8-18(9-5-16)33-40(37,38)19-10-6-17(7-11-19)26(27,28)29/h4-11,20,33H,12H2,1-3H3,(H,35,36)/t20-/m0/s1. The molecule has 0 unspecified atom stereocenters. The fourth-order valence-electron chi connectivity index (χ4n) is 4.42. The molecule has 9 nitrogen and oxygen atoms in total. The van der Waals surface area contributed by atoms with E-state index in [0.29, 0.717) is 35.1 Å². The van der Waals surface area contributed by atoms with E-state index in [4.69, 9.17) is 4.99 Å². The van der Waals surface area contributed by atoms with E-state index in [9.17, 15) is 31.5 Å². The Morgan fingerprint density at radius 2 is 1.70 bits per heavy atom. The topological polar surface area (TPSA) is 127 Å². The monoisotopic (exact) mass is 589 g/mol. The average molecular weight is 590 g/mol. The smallest absolute Gasteiger partial charge is 0.416 e. The number of sulfonamides is 1. The third-order valence-electron chi connectivity index (χ3n) is 6.51. The molecule has 1 aliphatic heterocycles. The van der Waals surface area contributed by atoms with Gasteiger partial charge in [-0.15, -0.1) is 21.5 Å². The maximum atomic E-state index is 12.9.